The predicted octanol–water partition coefficient (Wildman–Crippen LogP) is 5.28. The van der Waals surface area contributed by atoms with Crippen LogP contribution in [0.25, 0.3) is 0 Å². The van der Waals surface area contributed by atoms with E-state index in [0.717, 1.165) is 24.0 Å². The van der Waals surface area contributed by atoms with Crippen LogP contribution >= 0.6 is 0 Å². The van der Waals surface area contributed by atoms with Gasteiger partial charge in [0.25, 0.3) is 0 Å². The van der Waals surface area contributed by atoms with Crippen molar-refractivity contribution in [2.24, 2.45) is 11.8 Å². The van der Waals surface area contributed by atoms with E-state index in [4.69, 9.17) is 9.47 Å². The molecular weight excluding hydrogens is 897 g/mol. The van der Waals surface area contributed by atoms with Gasteiger partial charge in [0, 0.05) is 36.6 Å². The second-order valence-corrected chi connectivity index (χ2v) is 18.5. The molecule has 0 aliphatic carbocycles. The van der Waals surface area contributed by atoms with Gasteiger partial charge in [-0.25, -0.2) is 19.6 Å². The van der Waals surface area contributed by atoms with Gasteiger partial charge in [0.1, 0.15) is 37.4 Å². The molecule has 2 aromatic heterocycles. The number of nitrogens with zero attached hydrogens (tertiary/aromatic N) is 2. The number of benzene rings is 2. The maximum Gasteiger partial charge on any atom is 0.408 e. The van der Waals surface area contributed by atoms with Crippen LogP contribution in [0, 0.1) is 11.8 Å². The summed E-state index contributed by atoms with van der Waals surface area (Å²) in [6.07, 6.45) is 7.04. The molecule has 2 aromatic carbocycles. The highest BCUT2D eigenvalue weighted by atomic mass is 16.6. The average molecular weight is 971 g/mol. The number of alkyl carbamates (subject to hydrolysis) is 2. The minimum absolute atomic E-state index is 0.0177. The lowest BCUT2D eigenvalue weighted by Gasteiger charge is -2.34. The molecule has 0 aliphatic rings. The fourth-order valence-corrected chi connectivity index (χ4v) is 7.77. The number of amides is 6. The van der Waals surface area contributed by atoms with Crippen LogP contribution in [0.5, 0.6) is 0 Å². The zero-order chi connectivity index (χ0) is 50.8. The average Bonchev–Trinajstić information content (AvgIpc) is 4.07. The van der Waals surface area contributed by atoms with Crippen molar-refractivity contribution in [2.45, 2.75) is 161 Å². The summed E-state index contributed by atoms with van der Waals surface area (Å²) in [5.41, 5.74) is 2.66. The number of carbonyl (C=O) groups is 6. The van der Waals surface area contributed by atoms with Crippen molar-refractivity contribution in [3.8, 4) is 0 Å². The van der Waals surface area contributed by atoms with Crippen LogP contribution < -0.4 is 31.9 Å². The predicted molar refractivity (Wildman–Crippen MR) is 263 cm³/mol. The Morgan fingerprint density at radius 1 is 0.543 bits per heavy atom. The van der Waals surface area contributed by atoms with Crippen molar-refractivity contribution in [2.75, 3.05) is 0 Å². The first-order valence-corrected chi connectivity index (χ1v) is 24.4. The standard InChI is InChI=1S/C51H74N10O9/c1-7-9-21-39(56-46(63)41(23-33(3)4)58-48(65)43(25-37-27-52-31-54-37)60-50(67)69-29-35-17-13-11-14-18-35)45(62)40(22-10-8-2)57-47(64)42(24-34(5)6)59-49(66)44(26-38-28-53-32-55-38)61-51(68)70-30-36-19-15-12-16-20-36/h11-20,27-28,31-34,39-45,62H,7-10,21-26,29-30H2,1-6H3,(H,52,54)(H,53,55)(H,56,63)(H,57,64)(H,58,65)(H,59,66)(H,60,67)(H,61,68)/t39?,40?,41-,42-,43-,44-,45?/m0/s1. The molecule has 0 aliphatic heterocycles. The molecule has 0 saturated heterocycles. The third-order valence-corrected chi connectivity index (χ3v) is 11.5. The van der Waals surface area contributed by atoms with E-state index < -0.39 is 78.2 Å². The molecule has 0 bridgehead atoms. The Morgan fingerprint density at radius 3 is 1.24 bits per heavy atom. The van der Waals surface area contributed by atoms with Gasteiger partial charge in [-0.1, -0.05) is 128 Å². The molecule has 4 rings (SSSR count). The van der Waals surface area contributed by atoms with E-state index in [-0.39, 0.29) is 50.7 Å². The first kappa shape index (κ1) is 55.8. The first-order chi connectivity index (χ1) is 33.6. The number of hydrogen-bond donors (Lipinski definition) is 9. The molecule has 0 spiro atoms. The normalized spacial score (nSPS) is 14.2. The molecule has 2 unspecified atom stereocenters. The molecule has 4 aromatic rings. The maximum absolute atomic E-state index is 14.3. The van der Waals surface area contributed by atoms with Gasteiger partial charge in [-0.2, -0.15) is 0 Å². The molecule has 6 atom stereocenters. The second-order valence-electron chi connectivity index (χ2n) is 18.5. The van der Waals surface area contributed by atoms with Crippen LogP contribution in [0.4, 0.5) is 9.59 Å². The van der Waals surface area contributed by atoms with Crippen molar-refractivity contribution in [1.29, 1.82) is 0 Å². The summed E-state index contributed by atoms with van der Waals surface area (Å²) in [5.74, 6) is -2.45. The number of H-pyrrole nitrogens is 2. The van der Waals surface area contributed by atoms with Crippen molar-refractivity contribution < 1.29 is 43.3 Å². The number of aromatic amines is 2. The highest BCUT2D eigenvalue weighted by molar-refractivity contribution is 5.92. The highest BCUT2D eigenvalue weighted by Crippen LogP contribution is 2.17. The Balaban J connectivity index is 1.50. The van der Waals surface area contributed by atoms with E-state index in [9.17, 15) is 33.9 Å². The number of aliphatic hydroxyl groups excluding tert-OH is 1. The number of carbonyl (C=O) groups excluding carboxylic acids is 6. The third kappa shape index (κ3) is 20.1. The van der Waals surface area contributed by atoms with Crippen LogP contribution in [0.15, 0.2) is 85.7 Å². The molecule has 19 nitrogen and oxygen atoms in total. The fourth-order valence-electron chi connectivity index (χ4n) is 7.77. The van der Waals surface area contributed by atoms with Gasteiger partial charge in [0.15, 0.2) is 0 Å². The molecule has 70 heavy (non-hydrogen) atoms. The Hall–Kier alpha value is -6.76. The number of nitrogens with one attached hydrogen (secondary N) is 8. The molecular formula is C51H74N10O9. The summed E-state index contributed by atoms with van der Waals surface area (Å²) in [6, 6.07) is 12.1. The molecule has 19 heteroatoms. The number of unbranched alkanes of at least 4 members (excludes halogenated alkanes) is 2. The summed E-state index contributed by atoms with van der Waals surface area (Å²) < 4.78 is 10.8. The smallest absolute Gasteiger partial charge is 0.408 e. The molecule has 6 amide bonds. The van der Waals surface area contributed by atoms with Crippen LogP contribution in [0.1, 0.15) is 115 Å². The van der Waals surface area contributed by atoms with Crippen molar-refractivity contribution in [1.82, 2.24) is 51.8 Å². The zero-order valence-corrected chi connectivity index (χ0v) is 41.4. The van der Waals surface area contributed by atoms with E-state index >= 15 is 0 Å². The minimum Gasteiger partial charge on any atom is -0.445 e. The Labute approximate surface area is 411 Å². The summed E-state index contributed by atoms with van der Waals surface area (Å²) in [5, 5.41) is 29.2. The van der Waals surface area contributed by atoms with E-state index in [2.05, 4.69) is 51.8 Å². The van der Waals surface area contributed by atoms with Gasteiger partial charge in [0.2, 0.25) is 23.6 Å². The van der Waals surface area contributed by atoms with Gasteiger partial charge in [0.05, 0.1) is 30.8 Å². The minimum atomic E-state index is -1.28. The molecule has 9 N–H and O–H groups in total. The second kappa shape index (κ2) is 30.0. The molecule has 0 fully saturated rings. The van der Waals surface area contributed by atoms with Crippen LogP contribution in [0.3, 0.4) is 0 Å². The maximum atomic E-state index is 14.3. The number of aliphatic hydroxyl groups is 1. The number of ether oxygens (including phenoxy) is 2. The lowest BCUT2D eigenvalue weighted by molar-refractivity contribution is -0.132. The van der Waals surface area contributed by atoms with Crippen molar-refractivity contribution in [3.63, 3.8) is 0 Å². The monoisotopic (exact) mass is 971 g/mol. The summed E-state index contributed by atoms with van der Waals surface area (Å²) in [6.45, 7) is 11.6. The fraction of sp³-hybridized carbons (Fsp3) is 0.529. The van der Waals surface area contributed by atoms with Crippen molar-refractivity contribution >= 4 is 35.8 Å². The van der Waals surface area contributed by atoms with Crippen LogP contribution in [-0.2, 0) is 54.7 Å². The van der Waals surface area contributed by atoms with Crippen LogP contribution in [-0.4, -0.2) is 103 Å². The summed E-state index contributed by atoms with van der Waals surface area (Å²) in [4.78, 5) is 96.7. The summed E-state index contributed by atoms with van der Waals surface area (Å²) >= 11 is 0. The first-order valence-electron chi connectivity index (χ1n) is 24.4. The zero-order valence-electron chi connectivity index (χ0n) is 41.4. The summed E-state index contributed by atoms with van der Waals surface area (Å²) in [7, 11) is 0. The number of aromatic nitrogens is 4. The molecule has 0 radical (unpaired) electrons. The van der Waals surface area contributed by atoms with E-state index in [0.29, 0.717) is 37.1 Å². The molecule has 382 valence electrons. The Kier molecular flexibility index (Phi) is 23.9. The number of hydrogen-bond acceptors (Lipinski definition) is 11. The molecule has 0 saturated carbocycles. The topological polar surface area (TPSA) is 271 Å². The lowest BCUT2D eigenvalue weighted by Crippen LogP contribution is -2.61. The van der Waals surface area contributed by atoms with E-state index in [1.54, 1.807) is 0 Å². The largest absolute Gasteiger partial charge is 0.445 e. The van der Waals surface area contributed by atoms with Gasteiger partial charge in [-0.3, -0.25) is 19.2 Å². The highest BCUT2D eigenvalue weighted by Gasteiger charge is 2.36. The van der Waals surface area contributed by atoms with Crippen molar-refractivity contribution in [3.05, 3.63) is 108 Å². The SMILES string of the molecule is CCCCC(NC(=O)[C@H](CC(C)C)NC(=O)[C@H](Cc1cnc[nH]1)NC(=O)OCc1ccccc1)C(O)C(CCCC)NC(=O)[C@H](CC(C)C)NC(=O)[C@H](Cc1cnc[nH]1)NC(=O)OCc1ccccc1. The van der Waals surface area contributed by atoms with Gasteiger partial charge in [-0.15, -0.1) is 0 Å². The van der Waals surface area contributed by atoms with E-state index in [1.165, 1.54) is 25.0 Å². The molecule has 2 heterocycles. The van der Waals surface area contributed by atoms with Gasteiger partial charge < -0.3 is 56.4 Å². The third-order valence-electron chi connectivity index (χ3n) is 11.5. The van der Waals surface area contributed by atoms with E-state index in [1.807, 2.05) is 102 Å². The van der Waals surface area contributed by atoms with Crippen LogP contribution in [0.2, 0.25) is 0 Å². The number of imidazole rings is 2. The Morgan fingerprint density at radius 2 is 0.914 bits per heavy atom. The van der Waals surface area contributed by atoms with Gasteiger partial charge >= 0.3 is 12.2 Å². The Bertz CT molecular complexity index is 2010. The quantitative estimate of drug-likeness (QED) is 0.0324. The number of rotatable bonds is 30. The lowest BCUT2D eigenvalue weighted by atomic mass is 9.93. The van der Waals surface area contributed by atoms with Gasteiger partial charge in [-0.05, 0) is 48.6 Å².